The molecule has 1 aliphatic rings. The summed E-state index contributed by atoms with van der Waals surface area (Å²) in [6.07, 6.45) is 8.53. The molecule has 2 amide bonds. The average Bonchev–Trinajstić information content (AvgIpc) is 3.81. The van der Waals surface area contributed by atoms with Crippen molar-refractivity contribution < 1.29 is 9.59 Å². The van der Waals surface area contributed by atoms with Gasteiger partial charge in [-0.05, 0) is 42.5 Å². The minimum Gasteiger partial charge on any atom is -0.350 e. The highest BCUT2D eigenvalue weighted by Gasteiger charge is 2.29. The molecule has 2 aromatic carbocycles. The molecule has 0 spiro atoms. The highest BCUT2D eigenvalue weighted by molar-refractivity contribution is 7.15. The molecular formula is C32H32N8O2S2. The van der Waals surface area contributed by atoms with Crippen LogP contribution in [0.1, 0.15) is 58.7 Å². The number of para-hydroxylation sites is 2. The van der Waals surface area contributed by atoms with Crippen molar-refractivity contribution in [3.8, 4) is 0 Å². The SMILES string of the molecule is Cn1cc(CC(=O)Nc2nnc(C3CCCC(c4nnc(NC(=O)Cc5cn(C)c6ccccc56)s4)C3)s2)c2ccccc21. The third-order valence-electron chi connectivity index (χ3n) is 8.41. The Morgan fingerprint density at radius 2 is 1.18 bits per heavy atom. The summed E-state index contributed by atoms with van der Waals surface area (Å²) in [5, 5.41) is 28.5. The van der Waals surface area contributed by atoms with Crippen LogP contribution in [-0.2, 0) is 36.5 Å². The molecule has 12 heteroatoms. The molecule has 4 aromatic heterocycles. The first-order valence-electron chi connectivity index (χ1n) is 14.7. The van der Waals surface area contributed by atoms with E-state index in [0.717, 1.165) is 68.6 Å². The van der Waals surface area contributed by atoms with Crippen molar-refractivity contribution >= 4 is 66.6 Å². The van der Waals surface area contributed by atoms with Crippen LogP contribution in [0.2, 0.25) is 0 Å². The van der Waals surface area contributed by atoms with Gasteiger partial charge in [0.2, 0.25) is 22.1 Å². The van der Waals surface area contributed by atoms with E-state index in [-0.39, 0.29) is 36.5 Å². The molecule has 1 fully saturated rings. The lowest BCUT2D eigenvalue weighted by Crippen LogP contribution is -2.14. The number of hydrogen-bond donors (Lipinski definition) is 2. The molecule has 0 saturated heterocycles. The summed E-state index contributed by atoms with van der Waals surface area (Å²) < 4.78 is 4.09. The quantitative estimate of drug-likeness (QED) is 0.209. The molecule has 6 aromatic rings. The van der Waals surface area contributed by atoms with E-state index in [1.165, 1.54) is 22.7 Å². The van der Waals surface area contributed by atoms with E-state index in [2.05, 4.69) is 43.2 Å². The third-order valence-corrected chi connectivity index (χ3v) is 10.4. The van der Waals surface area contributed by atoms with Gasteiger partial charge in [0.25, 0.3) is 0 Å². The molecule has 2 N–H and O–H groups in total. The number of fused-ring (bicyclic) bond motifs is 2. The summed E-state index contributed by atoms with van der Waals surface area (Å²) in [6, 6.07) is 16.2. The maximum Gasteiger partial charge on any atom is 0.230 e. The van der Waals surface area contributed by atoms with Gasteiger partial charge in [-0.25, -0.2) is 0 Å². The molecule has 0 bridgehead atoms. The number of carbonyl (C=O) groups is 2. The first kappa shape index (κ1) is 28.4. The van der Waals surface area contributed by atoms with Crippen LogP contribution in [0.15, 0.2) is 60.9 Å². The van der Waals surface area contributed by atoms with Gasteiger partial charge in [-0.1, -0.05) is 65.5 Å². The van der Waals surface area contributed by atoms with E-state index < -0.39 is 0 Å². The number of aromatic nitrogens is 6. The summed E-state index contributed by atoms with van der Waals surface area (Å²) >= 11 is 2.90. The van der Waals surface area contributed by atoms with E-state index in [1.54, 1.807) is 0 Å². The van der Waals surface area contributed by atoms with E-state index in [0.29, 0.717) is 10.3 Å². The number of benzene rings is 2. The zero-order valence-electron chi connectivity index (χ0n) is 24.5. The average molecular weight is 625 g/mol. The second kappa shape index (κ2) is 11.9. The zero-order valence-corrected chi connectivity index (χ0v) is 26.1. The summed E-state index contributed by atoms with van der Waals surface area (Å²) in [5.74, 6) is 0.274. The van der Waals surface area contributed by atoms with Crippen molar-refractivity contribution in [2.24, 2.45) is 14.1 Å². The monoisotopic (exact) mass is 624 g/mol. The summed E-state index contributed by atoms with van der Waals surface area (Å²) in [7, 11) is 3.98. The van der Waals surface area contributed by atoms with Crippen LogP contribution in [0.3, 0.4) is 0 Å². The molecule has 10 nitrogen and oxygen atoms in total. The molecule has 44 heavy (non-hydrogen) atoms. The Balaban J connectivity index is 0.956. The van der Waals surface area contributed by atoms with Crippen molar-refractivity contribution in [1.82, 2.24) is 29.5 Å². The van der Waals surface area contributed by atoms with Crippen molar-refractivity contribution in [1.29, 1.82) is 0 Å². The fraction of sp³-hybridized carbons (Fsp3) is 0.312. The van der Waals surface area contributed by atoms with Crippen molar-refractivity contribution in [2.75, 3.05) is 10.6 Å². The summed E-state index contributed by atoms with van der Waals surface area (Å²) in [6.45, 7) is 0. The molecule has 2 unspecified atom stereocenters. The van der Waals surface area contributed by atoms with E-state index >= 15 is 0 Å². The second-order valence-corrected chi connectivity index (χ2v) is 13.5. The van der Waals surface area contributed by atoms with E-state index in [1.807, 2.05) is 72.0 Å². The smallest absolute Gasteiger partial charge is 0.230 e. The lowest BCUT2D eigenvalue weighted by molar-refractivity contribution is -0.116. The molecule has 0 radical (unpaired) electrons. The normalized spacial score (nSPS) is 16.9. The fourth-order valence-electron chi connectivity index (χ4n) is 6.34. The van der Waals surface area contributed by atoms with Crippen LogP contribution in [0, 0.1) is 0 Å². The minimum absolute atomic E-state index is 0.102. The lowest BCUT2D eigenvalue weighted by atomic mass is 9.82. The number of rotatable bonds is 8. The molecular weight excluding hydrogens is 593 g/mol. The molecule has 0 aliphatic heterocycles. The van der Waals surface area contributed by atoms with Crippen LogP contribution in [0.25, 0.3) is 21.8 Å². The highest BCUT2D eigenvalue weighted by Crippen LogP contribution is 2.43. The standard InChI is InChI=1S/C32H32N8O2S2/c1-39-17-21(23-10-3-5-12-25(23)39)15-27(41)33-31-37-35-29(43-31)19-8-7-9-20(14-19)30-36-38-32(44-30)34-28(42)16-22-18-40(2)26-13-6-4-11-24(22)26/h3-6,10-13,17-20H,7-9,14-16H2,1-2H3,(H,33,37,41)(H,34,38,42). The van der Waals surface area contributed by atoms with Gasteiger partial charge in [0.1, 0.15) is 10.0 Å². The van der Waals surface area contributed by atoms with Gasteiger partial charge in [-0.2, -0.15) is 0 Å². The number of carbonyl (C=O) groups excluding carboxylic acids is 2. The predicted octanol–water partition coefficient (Wildman–Crippen LogP) is 6.18. The summed E-state index contributed by atoms with van der Waals surface area (Å²) in [5.41, 5.74) is 4.18. The third kappa shape index (κ3) is 5.74. The van der Waals surface area contributed by atoms with Gasteiger partial charge >= 0.3 is 0 Å². The van der Waals surface area contributed by atoms with Crippen LogP contribution in [0.4, 0.5) is 10.3 Å². The minimum atomic E-state index is -0.102. The zero-order chi connectivity index (χ0) is 30.2. The molecule has 224 valence electrons. The first-order chi connectivity index (χ1) is 21.4. The number of nitrogens with zero attached hydrogens (tertiary/aromatic N) is 6. The lowest BCUT2D eigenvalue weighted by Gasteiger charge is -2.25. The second-order valence-electron chi connectivity index (χ2n) is 11.5. The van der Waals surface area contributed by atoms with Gasteiger partial charge in [-0.15, -0.1) is 20.4 Å². The fourth-order valence-corrected chi connectivity index (χ4v) is 8.16. The van der Waals surface area contributed by atoms with Gasteiger partial charge in [0.15, 0.2) is 0 Å². The Hall–Kier alpha value is -4.42. The van der Waals surface area contributed by atoms with Gasteiger partial charge in [0, 0.05) is 60.1 Å². The maximum absolute atomic E-state index is 12.9. The van der Waals surface area contributed by atoms with Crippen molar-refractivity contribution in [3.05, 3.63) is 82.1 Å². The topological polar surface area (TPSA) is 120 Å². The van der Waals surface area contributed by atoms with Gasteiger partial charge in [-0.3, -0.25) is 9.59 Å². The number of nitrogens with one attached hydrogen (secondary N) is 2. The van der Waals surface area contributed by atoms with E-state index in [9.17, 15) is 9.59 Å². The van der Waals surface area contributed by atoms with E-state index in [4.69, 9.17) is 0 Å². The van der Waals surface area contributed by atoms with Crippen LogP contribution >= 0.6 is 22.7 Å². The van der Waals surface area contributed by atoms with Crippen LogP contribution in [0.5, 0.6) is 0 Å². The van der Waals surface area contributed by atoms with Crippen molar-refractivity contribution in [3.63, 3.8) is 0 Å². The molecule has 1 aliphatic carbocycles. The van der Waals surface area contributed by atoms with Crippen LogP contribution in [-0.4, -0.2) is 41.3 Å². The maximum atomic E-state index is 12.9. The number of anilines is 2. The molecule has 7 rings (SSSR count). The van der Waals surface area contributed by atoms with Crippen LogP contribution < -0.4 is 10.6 Å². The Kier molecular flexibility index (Phi) is 7.69. The van der Waals surface area contributed by atoms with Crippen molar-refractivity contribution in [2.45, 2.75) is 50.4 Å². The molecule has 2 atom stereocenters. The Morgan fingerprint density at radius 1 is 0.727 bits per heavy atom. The number of hydrogen-bond acceptors (Lipinski definition) is 8. The summed E-state index contributed by atoms with van der Waals surface area (Å²) in [4.78, 5) is 25.7. The number of amides is 2. The Bertz CT molecular complexity index is 1850. The Labute approximate surface area is 262 Å². The predicted molar refractivity (Wildman–Crippen MR) is 174 cm³/mol. The Morgan fingerprint density at radius 3 is 1.66 bits per heavy atom. The molecule has 1 saturated carbocycles. The molecule has 4 heterocycles. The first-order valence-corrected chi connectivity index (χ1v) is 16.4. The van der Waals surface area contributed by atoms with Gasteiger partial charge < -0.3 is 19.8 Å². The highest BCUT2D eigenvalue weighted by atomic mass is 32.1. The van der Waals surface area contributed by atoms with Gasteiger partial charge in [0.05, 0.1) is 12.8 Å². The largest absolute Gasteiger partial charge is 0.350 e. The number of aryl methyl sites for hydroxylation is 2.